The average molecular weight is 284 g/mol. The van der Waals surface area contributed by atoms with Crippen molar-refractivity contribution < 1.29 is 14.8 Å². The summed E-state index contributed by atoms with van der Waals surface area (Å²) in [4.78, 5) is 0. The summed E-state index contributed by atoms with van der Waals surface area (Å²) in [6.45, 7) is 0. The molecule has 2 N–H and O–H groups in total. The van der Waals surface area contributed by atoms with Crippen LogP contribution >= 0.6 is 11.3 Å². The van der Waals surface area contributed by atoms with Crippen LogP contribution < -0.4 is 4.57 Å². The van der Waals surface area contributed by atoms with E-state index in [2.05, 4.69) is 16.7 Å². The van der Waals surface area contributed by atoms with Crippen molar-refractivity contribution in [3.8, 4) is 11.5 Å². The highest BCUT2D eigenvalue weighted by atomic mass is 32.1. The highest BCUT2D eigenvalue weighted by molar-refractivity contribution is 7.18. The normalized spacial score (nSPS) is 11.4. The summed E-state index contributed by atoms with van der Waals surface area (Å²) < 4.78 is 3.37. The lowest BCUT2D eigenvalue weighted by atomic mass is 10.2. The van der Waals surface area contributed by atoms with Crippen LogP contribution in [0.3, 0.4) is 0 Å². The maximum absolute atomic E-state index is 9.48. The minimum absolute atomic E-state index is 0.102. The maximum atomic E-state index is 9.48. The van der Waals surface area contributed by atoms with E-state index in [1.807, 2.05) is 31.3 Å². The summed E-state index contributed by atoms with van der Waals surface area (Å²) in [5.41, 5.74) is 2.04. The fourth-order valence-electron chi connectivity index (χ4n) is 2.08. The SMILES string of the molecule is C[n+]1c(/C=C/c2ccc(O)c(O)c2)sc2ccccc21. The van der Waals surface area contributed by atoms with E-state index in [4.69, 9.17) is 0 Å². The van der Waals surface area contributed by atoms with Crippen LogP contribution in [0.2, 0.25) is 0 Å². The van der Waals surface area contributed by atoms with E-state index in [-0.39, 0.29) is 11.5 Å². The molecule has 2 aromatic carbocycles. The largest absolute Gasteiger partial charge is 0.504 e. The van der Waals surface area contributed by atoms with Crippen molar-refractivity contribution in [1.82, 2.24) is 0 Å². The average Bonchev–Trinajstić information content (AvgIpc) is 2.77. The molecule has 0 aliphatic heterocycles. The van der Waals surface area contributed by atoms with Gasteiger partial charge in [0.25, 0.3) is 5.01 Å². The molecule has 0 aliphatic rings. The zero-order chi connectivity index (χ0) is 14.1. The van der Waals surface area contributed by atoms with Crippen molar-refractivity contribution in [2.45, 2.75) is 0 Å². The fraction of sp³-hybridized carbons (Fsp3) is 0.0625. The smallest absolute Gasteiger partial charge is 0.262 e. The van der Waals surface area contributed by atoms with Crippen molar-refractivity contribution in [3.63, 3.8) is 0 Å². The molecule has 4 heteroatoms. The molecule has 100 valence electrons. The van der Waals surface area contributed by atoms with Crippen molar-refractivity contribution in [2.75, 3.05) is 0 Å². The molecule has 0 saturated carbocycles. The Kier molecular flexibility index (Phi) is 3.16. The lowest BCUT2D eigenvalue weighted by Crippen LogP contribution is -2.28. The molecule has 0 fully saturated rings. The van der Waals surface area contributed by atoms with Gasteiger partial charge in [0.05, 0.1) is 0 Å². The first-order chi connectivity index (χ1) is 9.65. The number of hydrogen-bond donors (Lipinski definition) is 2. The quantitative estimate of drug-likeness (QED) is 0.560. The summed E-state index contributed by atoms with van der Waals surface area (Å²) in [5, 5.41) is 19.9. The first kappa shape index (κ1) is 12.7. The Labute approximate surface area is 120 Å². The molecule has 20 heavy (non-hydrogen) atoms. The van der Waals surface area contributed by atoms with Gasteiger partial charge in [-0.3, -0.25) is 0 Å². The number of phenols is 2. The number of benzene rings is 2. The van der Waals surface area contributed by atoms with E-state index >= 15 is 0 Å². The number of para-hydroxylation sites is 1. The third-order valence-corrected chi connectivity index (χ3v) is 4.37. The minimum atomic E-state index is -0.104. The highest BCUT2D eigenvalue weighted by Gasteiger charge is 2.13. The maximum Gasteiger partial charge on any atom is 0.262 e. The molecule has 0 unspecified atom stereocenters. The molecule has 3 aromatic rings. The number of nitrogens with zero attached hydrogens (tertiary/aromatic N) is 1. The fourth-order valence-corrected chi connectivity index (χ4v) is 3.13. The molecule has 0 radical (unpaired) electrons. The summed E-state index contributed by atoms with van der Waals surface area (Å²) >= 11 is 1.71. The number of aryl methyl sites for hydroxylation is 1. The van der Waals surface area contributed by atoms with Crippen LogP contribution in [0, 0.1) is 0 Å². The first-order valence-corrected chi connectivity index (χ1v) is 7.04. The Balaban J connectivity index is 1.98. The minimum Gasteiger partial charge on any atom is -0.504 e. The van der Waals surface area contributed by atoms with Gasteiger partial charge in [-0.15, -0.1) is 0 Å². The molecular formula is C16H14NO2S+. The van der Waals surface area contributed by atoms with Crippen LogP contribution in [0.25, 0.3) is 22.4 Å². The number of aromatic hydroxyl groups is 2. The Morgan fingerprint density at radius 3 is 2.55 bits per heavy atom. The Bertz CT molecular complexity index is 805. The van der Waals surface area contributed by atoms with E-state index in [1.165, 1.54) is 16.3 Å². The van der Waals surface area contributed by atoms with Crippen LogP contribution in [-0.2, 0) is 7.05 Å². The van der Waals surface area contributed by atoms with Gasteiger partial charge in [-0.2, -0.15) is 4.57 Å². The standard InChI is InChI=1S/C16H13NO2S/c1-17-12-4-2-3-5-15(12)20-16(17)9-7-11-6-8-13(18)14(19)10-11/h2-10,19H,1H3/p+1. The van der Waals surface area contributed by atoms with Gasteiger partial charge in [0.15, 0.2) is 11.5 Å². The molecule has 0 saturated heterocycles. The van der Waals surface area contributed by atoms with Gasteiger partial charge in [-0.25, -0.2) is 0 Å². The van der Waals surface area contributed by atoms with Gasteiger partial charge in [0.2, 0.25) is 5.52 Å². The zero-order valence-electron chi connectivity index (χ0n) is 10.9. The number of fused-ring (bicyclic) bond motifs is 1. The number of rotatable bonds is 2. The molecule has 0 bridgehead atoms. The van der Waals surface area contributed by atoms with Crippen molar-refractivity contribution in [2.24, 2.45) is 7.05 Å². The summed E-state index contributed by atoms with van der Waals surface area (Å²) in [6.07, 6.45) is 3.93. The highest BCUT2D eigenvalue weighted by Crippen LogP contribution is 2.26. The predicted molar refractivity (Wildman–Crippen MR) is 81.7 cm³/mol. The summed E-state index contributed by atoms with van der Waals surface area (Å²) in [6, 6.07) is 13.0. The number of aromatic nitrogens is 1. The predicted octanol–water partition coefficient (Wildman–Crippen LogP) is 3.31. The van der Waals surface area contributed by atoms with Gasteiger partial charge in [-0.1, -0.05) is 29.5 Å². The Morgan fingerprint density at radius 1 is 1.00 bits per heavy atom. The third-order valence-electron chi connectivity index (χ3n) is 3.19. The topological polar surface area (TPSA) is 44.3 Å². The van der Waals surface area contributed by atoms with Crippen molar-refractivity contribution >= 4 is 33.7 Å². The van der Waals surface area contributed by atoms with Crippen molar-refractivity contribution in [1.29, 1.82) is 0 Å². The number of thiazole rings is 1. The van der Waals surface area contributed by atoms with Gasteiger partial charge in [0, 0.05) is 12.1 Å². The lowest BCUT2D eigenvalue weighted by Gasteiger charge is -1.97. The molecule has 0 aliphatic carbocycles. The van der Waals surface area contributed by atoms with Crippen molar-refractivity contribution in [3.05, 3.63) is 53.0 Å². The number of hydrogen-bond acceptors (Lipinski definition) is 3. The summed E-state index contributed by atoms with van der Waals surface area (Å²) in [5.74, 6) is -0.206. The molecule has 3 nitrogen and oxygen atoms in total. The second-order valence-electron chi connectivity index (χ2n) is 4.55. The van der Waals surface area contributed by atoms with E-state index in [1.54, 1.807) is 23.5 Å². The first-order valence-electron chi connectivity index (χ1n) is 6.23. The van der Waals surface area contributed by atoms with E-state index in [0.717, 1.165) is 10.6 Å². The lowest BCUT2D eigenvalue weighted by molar-refractivity contribution is -0.642. The third kappa shape index (κ3) is 2.26. The Morgan fingerprint density at radius 2 is 1.80 bits per heavy atom. The second-order valence-corrected chi connectivity index (χ2v) is 5.61. The van der Waals surface area contributed by atoms with Crippen LogP contribution in [0.15, 0.2) is 42.5 Å². The Hall–Kier alpha value is -2.33. The molecule has 3 rings (SSSR count). The van der Waals surface area contributed by atoms with Gasteiger partial charge in [-0.05, 0) is 29.8 Å². The number of phenolic OH excluding ortho intramolecular Hbond substituents is 2. The van der Waals surface area contributed by atoms with Gasteiger partial charge < -0.3 is 10.2 Å². The zero-order valence-corrected chi connectivity index (χ0v) is 11.8. The van der Waals surface area contributed by atoms with Crippen LogP contribution in [0.1, 0.15) is 10.6 Å². The molecule has 1 aromatic heterocycles. The molecule has 0 amide bonds. The summed E-state index contributed by atoms with van der Waals surface area (Å²) in [7, 11) is 2.03. The van der Waals surface area contributed by atoms with Crippen LogP contribution in [-0.4, -0.2) is 10.2 Å². The van der Waals surface area contributed by atoms with E-state index < -0.39 is 0 Å². The van der Waals surface area contributed by atoms with E-state index in [9.17, 15) is 10.2 Å². The molecule has 0 atom stereocenters. The molecule has 0 spiro atoms. The van der Waals surface area contributed by atoms with Gasteiger partial charge in [0.1, 0.15) is 11.7 Å². The second kappa shape index (κ2) is 4.98. The monoisotopic (exact) mass is 284 g/mol. The van der Waals surface area contributed by atoms with E-state index in [0.29, 0.717) is 0 Å². The van der Waals surface area contributed by atoms with Crippen LogP contribution in [0.5, 0.6) is 11.5 Å². The molecular weight excluding hydrogens is 270 g/mol. The van der Waals surface area contributed by atoms with Crippen LogP contribution in [0.4, 0.5) is 0 Å². The molecule has 1 heterocycles. The van der Waals surface area contributed by atoms with Gasteiger partial charge >= 0.3 is 0 Å².